The molecule has 0 saturated carbocycles. The number of carbonyl (C=O) groups is 3. The number of thiophene rings is 1. The summed E-state index contributed by atoms with van der Waals surface area (Å²) in [5.74, 6) is 0.610. The lowest BCUT2D eigenvalue weighted by atomic mass is 9.77. The minimum atomic E-state index is -0.846. The first-order chi connectivity index (χ1) is 32.2. The van der Waals surface area contributed by atoms with Crippen molar-refractivity contribution in [2.45, 2.75) is 59.2 Å². The lowest BCUT2D eigenvalue weighted by Crippen LogP contribution is -2.50. The Morgan fingerprint density at radius 1 is 0.851 bits per heavy atom. The van der Waals surface area contributed by atoms with Crippen LogP contribution < -0.4 is 14.8 Å². The Hall–Kier alpha value is -5.20. The number of aliphatic hydroxyl groups is 1. The first-order valence-corrected chi connectivity index (χ1v) is 24.6. The lowest BCUT2D eigenvalue weighted by Gasteiger charge is -2.34. The molecule has 0 radical (unpaired) electrons. The molecule has 2 aromatic heterocycles. The first kappa shape index (κ1) is 49.7. The van der Waals surface area contributed by atoms with Crippen LogP contribution >= 0.6 is 38.6 Å². The van der Waals surface area contributed by atoms with Gasteiger partial charge in [0, 0.05) is 46.4 Å². The van der Waals surface area contributed by atoms with Crippen LogP contribution in [0.15, 0.2) is 101 Å². The zero-order valence-electron chi connectivity index (χ0n) is 38.0. The molecule has 13 nitrogen and oxygen atoms in total. The summed E-state index contributed by atoms with van der Waals surface area (Å²) in [6.45, 7) is 9.58. The molecule has 0 spiro atoms. The monoisotopic (exact) mass is 1010 g/mol. The predicted octanol–water partition coefficient (Wildman–Crippen LogP) is 9.59. The number of thiazole rings is 1. The number of halogens is 1. The van der Waals surface area contributed by atoms with Gasteiger partial charge in [0.05, 0.1) is 60.1 Å². The molecular weight excluding hydrogens is 959 g/mol. The zero-order valence-corrected chi connectivity index (χ0v) is 41.2. The van der Waals surface area contributed by atoms with Crippen LogP contribution in [0.4, 0.5) is 0 Å². The number of aryl methyl sites for hydroxylation is 1. The van der Waals surface area contributed by atoms with Crippen molar-refractivity contribution in [3.63, 3.8) is 0 Å². The highest BCUT2D eigenvalue weighted by atomic mass is 79.9. The van der Waals surface area contributed by atoms with Crippen molar-refractivity contribution in [1.29, 1.82) is 0 Å². The van der Waals surface area contributed by atoms with E-state index in [1.807, 2.05) is 112 Å². The highest BCUT2D eigenvalue weighted by Crippen LogP contribution is 2.47. The van der Waals surface area contributed by atoms with Crippen LogP contribution in [-0.4, -0.2) is 103 Å². The van der Waals surface area contributed by atoms with E-state index in [-0.39, 0.29) is 69.1 Å². The number of phenolic OH excluding ortho intramolecular Hbond substituents is 1. The molecule has 7 rings (SSSR count). The summed E-state index contributed by atoms with van der Waals surface area (Å²) in [6, 6.07) is 27.7. The third-order valence-corrected chi connectivity index (χ3v) is 14.0. The molecule has 4 aromatic carbocycles. The number of hydrogen-bond donors (Lipinski definition) is 3. The molecular formula is C51H56BrN3O10S2. The summed E-state index contributed by atoms with van der Waals surface area (Å²) in [6.07, 6.45) is -0.781. The van der Waals surface area contributed by atoms with Crippen molar-refractivity contribution in [2.24, 2.45) is 11.3 Å². The fourth-order valence-corrected chi connectivity index (χ4v) is 9.98. The van der Waals surface area contributed by atoms with Gasteiger partial charge in [0.1, 0.15) is 36.5 Å². The number of aliphatic hydroxyl groups excluding tert-OH is 1. The molecule has 3 atom stereocenters. The molecule has 6 aromatic rings. The van der Waals surface area contributed by atoms with Crippen LogP contribution in [0.5, 0.6) is 23.0 Å². The predicted molar refractivity (Wildman–Crippen MR) is 264 cm³/mol. The number of phenols is 1. The molecule has 0 bridgehead atoms. The van der Waals surface area contributed by atoms with Crippen molar-refractivity contribution in [3.8, 4) is 43.9 Å². The van der Waals surface area contributed by atoms with Gasteiger partial charge in [-0.05, 0) is 83.6 Å². The van der Waals surface area contributed by atoms with Crippen molar-refractivity contribution in [2.75, 3.05) is 52.8 Å². The van der Waals surface area contributed by atoms with Crippen molar-refractivity contribution < 1.29 is 48.3 Å². The maximum atomic E-state index is 14.0. The fourth-order valence-electron chi connectivity index (χ4n) is 7.74. The Labute approximate surface area is 407 Å². The van der Waals surface area contributed by atoms with E-state index in [1.54, 1.807) is 34.8 Å². The standard InChI is InChI=1S/C51H56BrN3O10S2/c1-32-47(66-31-54-32)34-7-5-33(6-8-34)28-53-49(59)44-26-38(57)29-55(44)50(60)43(51(2,3)4)25-39(58)30-63-22-21-61-19-20-62-23-24-64-40-14-16-41(17-15-40)65-46-42-18-13-37(56)27-45(42)67-48(46)35-9-11-36(52)12-10-35/h5-18,27,31,38,43-44,56-57H,19-26,28-30H2,1-4H3,(H,53,59)/t38-,43-,44+/m1/s1. The molecule has 0 aliphatic carbocycles. The van der Waals surface area contributed by atoms with Crippen molar-refractivity contribution in [1.82, 2.24) is 15.2 Å². The molecule has 67 heavy (non-hydrogen) atoms. The van der Waals surface area contributed by atoms with Gasteiger partial charge in [-0.1, -0.05) is 73.1 Å². The number of nitrogens with one attached hydrogen (secondary N) is 1. The molecule has 16 heteroatoms. The summed E-state index contributed by atoms with van der Waals surface area (Å²) >= 11 is 6.64. The number of hydrogen-bond acceptors (Lipinski definition) is 13. The second kappa shape index (κ2) is 23.2. The molecule has 3 heterocycles. The number of nitrogens with zero attached hydrogens (tertiary/aromatic N) is 2. The van der Waals surface area contributed by atoms with Crippen LogP contribution in [0, 0.1) is 18.3 Å². The number of carbonyl (C=O) groups excluding carboxylic acids is 3. The molecule has 2 amide bonds. The molecule has 1 saturated heterocycles. The Morgan fingerprint density at radius 2 is 1.49 bits per heavy atom. The zero-order chi connectivity index (χ0) is 47.5. The van der Waals surface area contributed by atoms with E-state index < -0.39 is 23.5 Å². The van der Waals surface area contributed by atoms with Crippen LogP contribution in [0.2, 0.25) is 0 Å². The van der Waals surface area contributed by atoms with Gasteiger partial charge in [0.15, 0.2) is 11.5 Å². The molecule has 1 fully saturated rings. The SMILES string of the molecule is Cc1ncsc1-c1ccc(CNC(=O)[C@@H]2C[C@@H](O)CN2C(=O)[C@@H](CC(=O)COCCOCCOCCOc2ccc(Oc3c(-c4ccc(Br)cc4)sc4cc(O)ccc34)cc2)C(C)(C)C)cc1. The van der Waals surface area contributed by atoms with E-state index in [0.717, 1.165) is 52.4 Å². The van der Waals surface area contributed by atoms with Gasteiger partial charge in [0.2, 0.25) is 11.8 Å². The normalized spacial score (nSPS) is 15.5. The van der Waals surface area contributed by atoms with Crippen molar-refractivity contribution in [3.05, 3.63) is 112 Å². The number of benzene rings is 4. The van der Waals surface area contributed by atoms with E-state index >= 15 is 0 Å². The largest absolute Gasteiger partial charge is 0.508 e. The Bertz CT molecular complexity index is 2590. The summed E-state index contributed by atoms with van der Waals surface area (Å²) < 4.78 is 31.1. The van der Waals surface area contributed by atoms with Gasteiger partial charge in [-0.25, -0.2) is 4.98 Å². The van der Waals surface area contributed by atoms with Gasteiger partial charge in [-0.3, -0.25) is 14.4 Å². The number of ketones is 1. The number of rotatable bonds is 22. The molecule has 0 unspecified atom stereocenters. The van der Waals surface area contributed by atoms with Gasteiger partial charge in [0.25, 0.3) is 0 Å². The Balaban J connectivity index is 0.771. The van der Waals surface area contributed by atoms with Gasteiger partial charge in [-0.2, -0.15) is 0 Å². The van der Waals surface area contributed by atoms with Crippen LogP contribution in [-0.2, 0) is 35.1 Å². The molecule has 354 valence electrons. The van der Waals surface area contributed by atoms with Gasteiger partial charge in [-0.15, -0.1) is 22.7 Å². The second-order valence-corrected chi connectivity index (χ2v) is 20.2. The fraction of sp³-hybridized carbons (Fsp3) is 0.373. The van der Waals surface area contributed by atoms with Gasteiger partial charge >= 0.3 is 0 Å². The third kappa shape index (κ3) is 13.5. The van der Waals surface area contributed by atoms with Gasteiger partial charge < -0.3 is 44.1 Å². The molecule has 1 aliphatic rings. The lowest BCUT2D eigenvalue weighted by molar-refractivity contribution is -0.146. The smallest absolute Gasteiger partial charge is 0.243 e. The quantitative estimate of drug-likeness (QED) is 0.0555. The summed E-state index contributed by atoms with van der Waals surface area (Å²) in [5.41, 5.74) is 5.17. The molecule has 3 N–H and O–H groups in total. The topological polar surface area (TPSA) is 166 Å². The first-order valence-electron chi connectivity index (χ1n) is 22.2. The van der Waals surface area contributed by atoms with E-state index in [2.05, 4.69) is 26.2 Å². The van der Waals surface area contributed by atoms with E-state index in [4.69, 9.17) is 23.7 Å². The Morgan fingerprint density at radius 3 is 2.16 bits per heavy atom. The minimum Gasteiger partial charge on any atom is -0.508 e. The number of likely N-dealkylation sites (tertiary alicyclic amines) is 1. The average molecular weight is 1020 g/mol. The number of aromatic hydroxyl groups is 1. The van der Waals surface area contributed by atoms with Crippen LogP contribution in [0.25, 0.3) is 31.0 Å². The number of Topliss-reactive ketones (excluding diaryl/α,β-unsaturated/α-hetero) is 1. The number of fused-ring (bicyclic) bond motifs is 1. The summed E-state index contributed by atoms with van der Waals surface area (Å²) in [4.78, 5) is 48.3. The third-order valence-electron chi connectivity index (χ3n) is 11.3. The van der Waals surface area contributed by atoms with Crippen LogP contribution in [0.1, 0.15) is 44.9 Å². The van der Waals surface area contributed by atoms with Crippen molar-refractivity contribution >= 4 is 66.3 Å². The summed E-state index contributed by atoms with van der Waals surface area (Å²) in [5, 5.41) is 24.5. The average Bonchev–Trinajstić information content (AvgIpc) is 4.03. The highest BCUT2D eigenvalue weighted by Gasteiger charge is 2.44. The van der Waals surface area contributed by atoms with Crippen LogP contribution in [0.3, 0.4) is 0 Å². The Kier molecular flexibility index (Phi) is 17.2. The molecule has 1 aliphatic heterocycles. The summed E-state index contributed by atoms with van der Waals surface area (Å²) in [7, 11) is 0. The van der Waals surface area contributed by atoms with E-state index in [1.165, 1.54) is 4.90 Å². The second-order valence-electron chi connectivity index (χ2n) is 17.4. The number of aromatic nitrogens is 1. The van der Waals surface area contributed by atoms with E-state index in [0.29, 0.717) is 37.9 Å². The number of ether oxygens (including phenoxy) is 5. The maximum Gasteiger partial charge on any atom is 0.243 e. The highest BCUT2D eigenvalue weighted by molar-refractivity contribution is 9.10. The minimum absolute atomic E-state index is 0.0217. The number of amides is 2. The van der Waals surface area contributed by atoms with E-state index in [9.17, 15) is 24.6 Å². The maximum absolute atomic E-state index is 14.0. The number of β-amino-alcohol motifs (C(OH)–C–C–N with tert-alkyl or cyclic N) is 1.